The highest BCUT2D eigenvalue weighted by atomic mass is 79.9. The van der Waals surface area contributed by atoms with Crippen LogP contribution < -0.4 is 0 Å². The Morgan fingerprint density at radius 2 is 2.10 bits per heavy atom. The number of methoxy groups -OCH3 is 1. The van der Waals surface area contributed by atoms with Crippen molar-refractivity contribution in [3.8, 4) is 0 Å². The van der Waals surface area contributed by atoms with Crippen molar-refractivity contribution in [2.75, 3.05) is 33.3 Å². The van der Waals surface area contributed by atoms with Gasteiger partial charge in [0.2, 0.25) is 0 Å². The number of piperazine rings is 1. The molecule has 110 valence electrons. The zero-order chi connectivity index (χ0) is 14.5. The number of aromatic nitrogens is 1. The van der Waals surface area contributed by atoms with E-state index < -0.39 is 0 Å². The lowest BCUT2D eigenvalue weighted by Crippen LogP contribution is -2.51. The van der Waals surface area contributed by atoms with Gasteiger partial charge in [-0.05, 0) is 35.0 Å². The van der Waals surface area contributed by atoms with Crippen LogP contribution in [0.1, 0.15) is 12.6 Å². The monoisotopic (exact) mass is 341 g/mol. The van der Waals surface area contributed by atoms with Gasteiger partial charge in [-0.25, -0.2) is 0 Å². The standard InChI is InChI=1S/C14H20BrN3O2/c1-11(20-2)14(19)18-7-5-17(6-8-18)10-13-4-3-12(15)9-16-13/h3-4,9,11H,5-8,10H2,1-2H3. The molecule has 1 saturated heterocycles. The van der Waals surface area contributed by atoms with Crippen LogP contribution in [0.4, 0.5) is 0 Å². The molecule has 1 aliphatic rings. The van der Waals surface area contributed by atoms with Crippen molar-refractivity contribution in [1.82, 2.24) is 14.8 Å². The molecule has 6 heteroatoms. The van der Waals surface area contributed by atoms with Crippen LogP contribution in [0.15, 0.2) is 22.8 Å². The Balaban J connectivity index is 1.82. The summed E-state index contributed by atoms with van der Waals surface area (Å²) in [7, 11) is 1.57. The molecule has 5 nitrogen and oxygen atoms in total. The molecule has 1 fully saturated rings. The number of hydrogen-bond acceptors (Lipinski definition) is 4. The first kappa shape index (κ1) is 15.4. The Morgan fingerprint density at radius 3 is 2.65 bits per heavy atom. The van der Waals surface area contributed by atoms with Crippen molar-refractivity contribution in [2.24, 2.45) is 0 Å². The summed E-state index contributed by atoms with van der Waals surface area (Å²) in [6, 6.07) is 4.02. The van der Waals surface area contributed by atoms with Crippen LogP contribution in [-0.4, -0.2) is 60.1 Å². The molecule has 0 aliphatic carbocycles. The maximum Gasteiger partial charge on any atom is 0.251 e. The molecular formula is C14H20BrN3O2. The van der Waals surface area contributed by atoms with Gasteiger partial charge in [0.25, 0.3) is 5.91 Å². The summed E-state index contributed by atoms with van der Waals surface area (Å²) in [5, 5.41) is 0. The van der Waals surface area contributed by atoms with Crippen molar-refractivity contribution in [2.45, 2.75) is 19.6 Å². The first-order chi connectivity index (χ1) is 9.60. The van der Waals surface area contributed by atoms with E-state index in [4.69, 9.17) is 4.74 Å². The van der Waals surface area contributed by atoms with Gasteiger partial charge < -0.3 is 9.64 Å². The van der Waals surface area contributed by atoms with Gasteiger partial charge in [0.1, 0.15) is 6.10 Å². The Bertz CT molecular complexity index is 444. The number of pyridine rings is 1. The van der Waals surface area contributed by atoms with Crippen LogP contribution in [0.3, 0.4) is 0 Å². The van der Waals surface area contributed by atoms with Crippen molar-refractivity contribution in [1.29, 1.82) is 0 Å². The third kappa shape index (κ3) is 4.01. The van der Waals surface area contributed by atoms with Gasteiger partial charge in [0.05, 0.1) is 5.69 Å². The maximum atomic E-state index is 12.0. The smallest absolute Gasteiger partial charge is 0.251 e. The topological polar surface area (TPSA) is 45.7 Å². The van der Waals surface area contributed by atoms with Crippen molar-refractivity contribution < 1.29 is 9.53 Å². The highest BCUT2D eigenvalue weighted by molar-refractivity contribution is 9.10. The molecule has 1 unspecified atom stereocenters. The minimum Gasteiger partial charge on any atom is -0.372 e. The Kier molecular flexibility index (Phi) is 5.51. The molecule has 0 radical (unpaired) electrons. The van der Waals surface area contributed by atoms with E-state index in [-0.39, 0.29) is 12.0 Å². The van der Waals surface area contributed by atoms with Crippen LogP contribution in [0.25, 0.3) is 0 Å². The number of amides is 1. The average Bonchev–Trinajstić information content (AvgIpc) is 2.49. The molecule has 1 aliphatic heterocycles. The summed E-state index contributed by atoms with van der Waals surface area (Å²) in [6.45, 7) is 5.88. The fourth-order valence-corrected chi connectivity index (χ4v) is 2.45. The van der Waals surface area contributed by atoms with E-state index in [1.165, 1.54) is 0 Å². The summed E-state index contributed by atoms with van der Waals surface area (Å²) in [5.41, 5.74) is 1.05. The molecule has 1 aromatic rings. The molecule has 1 atom stereocenters. The van der Waals surface area contributed by atoms with Crippen LogP contribution in [0, 0.1) is 0 Å². The molecule has 0 saturated carbocycles. The summed E-state index contributed by atoms with van der Waals surface area (Å²) in [4.78, 5) is 20.6. The largest absolute Gasteiger partial charge is 0.372 e. The van der Waals surface area contributed by atoms with E-state index >= 15 is 0 Å². The summed E-state index contributed by atoms with van der Waals surface area (Å²) in [5.74, 6) is 0.0777. The molecule has 0 aromatic carbocycles. The summed E-state index contributed by atoms with van der Waals surface area (Å²) >= 11 is 3.38. The molecule has 0 spiro atoms. The van der Waals surface area contributed by atoms with Gasteiger partial charge >= 0.3 is 0 Å². The first-order valence-corrected chi connectivity index (χ1v) is 7.54. The van der Waals surface area contributed by atoms with Gasteiger partial charge in [0.15, 0.2) is 0 Å². The van der Waals surface area contributed by atoms with E-state index in [0.717, 1.165) is 42.9 Å². The molecule has 0 bridgehead atoms. The lowest BCUT2D eigenvalue weighted by molar-refractivity contribution is -0.142. The van der Waals surface area contributed by atoms with Gasteiger partial charge in [-0.2, -0.15) is 0 Å². The molecular weight excluding hydrogens is 322 g/mol. The first-order valence-electron chi connectivity index (χ1n) is 6.74. The molecule has 2 rings (SSSR count). The number of carbonyl (C=O) groups excluding carboxylic acids is 1. The summed E-state index contributed by atoms with van der Waals surface area (Å²) in [6.07, 6.45) is 1.46. The van der Waals surface area contributed by atoms with E-state index in [9.17, 15) is 4.79 Å². The van der Waals surface area contributed by atoms with E-state index in [2.05, 4.69) is 25.8 Å². The second-order valence-electron chi connectivity index (χ2n) is 4.95. The fourth-order valence-electron chi connectivity index (χ4n) is 2.21. The molecule has 2 heterocycles. The predicted molar refractivity (Wildman–Crippen MR) is 80.3 cm³/mol. The minimum atomic E-state index is -0.352. The van der Waals surface area contributed by atoms with E-state index in [1.54, 1.807) is 14.0 Å². The van der Waals surface area contributed by atoms with Crippen LogP contribution in [0.5, 0.6) is 0 Å². The fraction of sp³-hybridized carbons (Fsp3) is 0.571. The van der Waals surface area contributed by atoms with E-state index in [0.29, 0.717) is 0 Å². The Hall–Kier alpha value is -0.980. The third-order valence-electron chi connectivity index (χ3n) is 3.56. The molecule has 20 heavy (non-hydrogen) atoms. The van der Waals surface area contributed by atoms with Gasteiger partial charge in [-0.3, -0.25) is 14.7 Å². The van der Waals surface area contributed by atoms with Crippen LogP contribution in [0.2, 0.25) is 0 Å². The zero-order valence-corrected chi connectivity index (χ0v) is 13.5. The summed E-state index contributed by atoms with van der Waals surface area (Å²) < 4.78 is 6.07. The van der Waals surface area contributed by atoms with Crippen molar-refractivity contribution >= 4 is 21.8 Å². The second-order valence-corrected chi connectivity index (χ2v) is 5.86. The number of nitrogens with zero attached hydrogens (tertiary/aromatic N) is 3. The maximum absolute atomic E-state index is 12.0. The Labute approximate surface area is 128 Å². The van der Waals surface area contributed by atoms with Gasteiger partial charge in [-0.1, -0.05) is 0 Å². The van der Waals surface area contributed by atoms with Gasteiger partial charge in [0, 0.05) is 50.5 Å². The van der Waals surface area contributed by atoms with E-state index in [1.807, 2.05) is 23.2 Å². The number of halogens is 1. The lowest BCUT2D eigenvalue weighted by atomic mass is 10.2. The highest BCUT2D eigenvalue weighted by Crippen LogP contribution is 2.11. The Morgan fingerprint density at radius 1 is 1.40 bits per heavy atom. The molecule has 1 aromatic heterocycles. The predicted octanol–water partition coefficient (Wildman–Crippen LogP) is 1.52. The van der Waals surface area contributed by atoms with Crippen molar-refractivity contribution in [3.05, 3.63) is 28.5 Å². The molecule has 1 amide bonds. The highest BCUT2D eigenvalue weighted by Gasteiger charge is 2.24. The lowest BCUT2D eigenvalue weighted by Gasteiger charge is -2.35. The SMILES string of the molecule is COC(C)C(=O)N1CCN(Cc2ccc(Br)cn2)CC1. The zero-order valence-electron chi connectivity index (χ0n) is 11.9. The number of hydrogen-bond donors (Lipinski definition) is 0. The number of carbonyl (C=O) groups is 1. The third-order valence-corrected chi connectivity index (χ3v) is 4.03. The van der Waals surface area contributed by atoms with Crippen LogP contribution >= 0.6 is 15.9 Å². The normalized spacial score (nSPS) is 18.1. The number of rotatable bonds is 4. The van der Waals surface area contributed by atoms with Gasteiger partial charge in [-0.15, -0.1) is 0 Å². The quantitative estimate of drug-likeness (QED) is 0.833. The second kappa shape index (κ2) is 7.15. The minimum absolute atomic E-state index is 0.0777. The average molecular weight is 342 g/mol. The number of ether oxygens (including phenoxy) is 1. The van der Waals surface area contributed by atoms with Crippen molar-refractivity contribution in [3.63, 3.8) is 0 Å². The molecule has 0 N–H and O–H groups in total. The van der Waals surface area contributed by atoms with Crippen LogP contribution in [-0.2, 0) is 16.1 Å².